The number of benzene rings is 4. The molecule has 214 valence electrons. The number of nitrogens with one attached hydrogen (secondary N) is 1. The molecule has 42 heavy (non-hydrogen) atoms. The van der Waals surface area contributed by atoms with Crippen molar-refractivity contribution < 1.29 is 18.0 Å². The van der Waals surface area contributed by atoms with Crippen LogP contribution in [-0.4, -0.2) is 20.7 Å². The van der Waals surface area contributed by atoms with Gasteiger partial charge in [0.1, 0.15) is 5.25 Å². The minimum Gasteiger partial charge on any atom is -0.323 e. The van der Waals surface area contributed by atoms with Crippen LogP contribution < -0.4 is 5.32 Å². The van der Waals surface area contributed by atoms with Crippen molar-refractivity contribution >= 4 is 50.9 Å². The third-order valence-electron chi connectivity index (χ3n) is 6.40. The van der Waals surface area contributed by atoms with E-state index in [-0.39, 0.29) is 10.7 Å². The maximum atomic E-state index is 13.7. The molecule has 0 fully saturated rings. The summed E-state index contributed by atoms with van der Waals surface area (Å²) in [7, 11) is 0. The summed E-state index contributed by atoms with van der Waals surface area (Å²) in [6.07, 6.45) is -3.89. The molecule has 0 saturated heterocycles. The first-order valence-electron chi connectivity index (χ1n) is 12.8. The summed E-state index contributed by atoms with van der Waals surface area (Å²) in [6, 6.07) is 29.5. The van der Waals surface area contributed by atoms with Gasteiger partial charge in [-0.05, 0) is 47.9 Å². The van der Waals surface area contributed by atoms with Crippen molar-refractivity contribution in [2.75, 3.05) is 5.32 Å². The Kier molecular flexibility index (Phi) is 9.35. The normalized spacial score (nSPS) is 12.2. The molecule has 0 aliphatic heterocycles. The molecular formula is C31H23BrClF3N4OS. The zero-order valence-electron chi connectivity index (χ0n) is 21.9. The lowest BCUT2D eigenvalue weighted by atomic mass is 10.1. The SMILES string of the molecule is O=C(Nc1cc(C(F)(F)F)ccc1Cl)[C@@H](Sc1nnc(-c2ccc(Br)cc2)n1CCc1ccccc1)c1ccccc1. The zero-order chi connectivity index (χ0) is 29.7. The van der Waals surface area contributed by atoms with Crippen LogP contribution in [0.1, 0.15) is 21.9 Å². The van der Waals surface area contributed by atoms with Crippen LogP contribution in [0.4, 0.5) is 18.9 Å². The third kappa shape index (κ3) is 7.24. The summed E-state index contributed by atoms with van der Waals surface area (Å²) in [5, 5.41) is 11.2. The quantitative estimate of drug-likeness (QED) is 0.159. The number of aromatic nitrogens is 3. The molecule has 11 heteroatoms. The van der Waals surface area contributed by atoms with Gasteiger partial charge in [0.05, 0.1) is 16.3 Å². The predicted octanol–water partition coefficient (Wildman–Crippen LogP) is 9.09. The van der Waals surface area contributed by atoms with E-state index in [0.29, 0.717) is 29.5 Å². The van der Waals surface area contributed by atoms with Crippen LogP contribution in [0.25, 0.3) is 11.4 Å². The number of anilines is 1. The first-order valence-corrected chi connectivity index (χ1v) is 14.9. The minimum atomic E-state index is -4.59. The average molecular weight is 672 g/mol. The van der Waals surface area contributed by atoms with Gasteiger partial charge in [-0.1, -0.05) is 112 Å². The maximum absolute atomic E-state index is 13.7. The van der Waals surface area contributed by atoms with E-state index in [0.717, 1.165) is 33.8 Å². The molecule has 5 rings (SSSR count). The molecule has 0 saturated carbocycles. The lowest BCUT2D eigenvalue weighted by Gasteiger charge is -2.19. The Morgan fingerprint density at radius 1 is 0.929 bits per heavy atom. The highest BCUT2D eigenvalue weighted by Gasteiger charge is 2.32. The van der Waals surface area contributed by atoms with Crippen LogP contribution in [0.15, 0.2) is 113 Å². The summed E-state index contributed by atoms with van der Waals surface area (Å²) >= 11 is 10.8. The molecule has 5 nitrogen and oxygen atoms in total. The fourth-order valence-corrected chi connectivity index (χ4v) is 5.77. The molecule has 0 radical (unpaired) electrons. The van der Waals surface area contributed by atoms with Gasteiger partial charge in [0.2, 0.25) is 5.91 Å². The van der Waals surface area contributed by atoms with E-state index < -0.39 is 22.9 Å². The van der Waals surface area contributed by atoms with Gasteiger partial charge >= 0.3 is 6.18 Å². The van der Waals surface area contributed by atoms with Gasteiger partial charge in [0.25, 0.3) is 0 Å². The largest absolute Gasteiger partial charge is 0.416 e. The predicted molar refractivity (Wildman–Crippen MR) is 163 cm³/mol. The van der Waals surface area contributed by atoms with Gasteiger partial charge in [-0.25, -0.2) is 0 Å². The number of amides is 1. The van der Waals surface area contributed by atoms with Crippen LogP contribution >= 0.6 is 39.3 Å². The van der Waals surface area contributed by atoms with E-state index in [2.05, 4.69) is 31.4 Å². The van der Waals surface area contributed by atoms with Crippen molar-refractivity contribution in [2.24, 2.45) is 0 Å². The molecule has 5 aromatic rings. The Morgan fingerprint density at radius 3 is 2.26 bits per heavy atom. The van der Waals surface area contributed by atoms with Crippen molar-refractivity contribution in [3.8, 4) is 11.4 Å². The molecule has 0 aliphatic carbocycles. The van der Waals surface area contributed by atoms with Gasteiger partial charge in [-0.2, -0.15) is 13.2 Å². The van der Waals surface area contributed by atoms with Gasteiger partial charge in [0, 0.05) is 16.6 Å². The van der Waals surface area contributed by atoms with Crippen LogP contribution in [0.3, 0.4) is 0 Å². The van der Waals surface area contributed by atoms with Crippen LogP contribution in [-0.2, 0) is 23.9 Å². The number of alkyl halides is 3. The first-order chi connectivity index (χ1) is 20.2. The van der Waals surface area contributed by atoms with Crippen molar-refractivity contribution in [3.63, 3.8) is 0 Å². The second kappa shape index (κ2) is 13.1. The number of carbonyl (C=O) groups is 1. The summed E-state index contributed by atoms with van der Waals surface area (Å²) in [6.45, 7) is 0.535. The Hall–Kier alpha value is -3.60. The second-order valence-electron chi connectivity index (χ2n) is 9.29. The molecule has 0 aliphatic rings. The smallest absolute Gasteiger partial charge is 0.323 e. The standard InChI is InChI=1S/C31H23BrClF3N4OS/c32-24-14-11-22(12-15-24)28-38-39-30(40(28)18-17-20-7-3-1-4-8-20)42-27(21-9-5-2-6-10-21)29(41)37-26-19-23(31(34,35)36)13-16-25(26)33/h1-16,19,27H,17-18H2,(H,37,41)/t27-/m0/s1. The molecule has 1 N–H and O–H groups in total. The van der Waals surface area contributed by atoms with Gasteiger partial charge in [-0.15, -0.1) is 10.2 Å². The Labute approximate surface area is 258 Å². The van der Waals surface area contributed by atoms with Crippen molar-refractivity contribution in [2.45, 2.75) is 29.5 Å². The molecular weight excluding hydrogens is 649 g/mol. The van der Waals surface area contributed by atoms with E-state index >= 15 is 0 Å². The summed E-state index contributed by atoms with van der Waals surface area (Å²) in [5.41, 5.74) is 1.58. The number of nitrogens with zero attached hydrogens (tertiary/aromatic N) is 3. The highest BCUT2D eigenvalue weighted by Crippen LogP contribution is 2.39. The average Bonchev–Trinajstić information content (AvgIpc) is 3.39. The molecule has 1 amide bonds. The molecule has 0 spiro atoms. The Morgan fingerprint density at radius 2 is 1.60 bits per heavy atom. The Balaban J connectivity index is 1.50. The highest BCUT2D eigenvalue weighted by molar-refractivity contribution is 9.10. The van der Waals surface area contributed by atoms with Crippen LogP contribution in [0, 0.1) is 0 Å². The maximum Gasteiger partial charge on any atom is 0.416 e. The van der Waals surface area contributed by atoms with E-state index in [1.54, 1.807) is 24.3 Å². The number of thioether (sulfide) groups is 1. The van der Waals surface area contributed by atoms with Gasteiger partial charge < -0.3 is 9.88 Å². The molecule has 1 aromatic heterocycles. The first kappa shape index (κ1) is 29.9. The summed E-state index contributed by atoms with van der Waals surface area (Å²) in [4.78, 5) is 13.7. The van der Waals surface area contributed by atoms with E-state index in [1.165, 1.54) is 11.8 Å². The van der Waals surface area contributed by atoms with Crippen molar-refractivity contribution in [1.29, 1.82) is 0 Å². The second-order valence-corrected chi connectivity index (χ2v) is 11.7. The Bertz CT molecular complexity index is 1670. The minimum absolute atomic E-state index is 0.00304. The van der Waals surface area contributed by atoms with Gasteiger partial charge in [-0.3, -0.25) is 4.79 Å². The zero-order valence-corrected chi connectivity index (χ0v) is 25.0. The molecule has 0 bridgehead atoms. The summed E-state index contributed by atoms with van der Waals surface area (Å²) in [5.74, 6) is 0.0873. The van der Waals surface area contributed by atoms with E-state index in [9.17, 15) is 18.0 Å². The lowest BCUT2D eigenvalue weighted by molar-refractivity contribution is -0.137. The third-order valence-corrected chi connectivity index (χ3v) is 8.49. The van der Waals surface area contributed by atoms with E-state index in [1.807, 2.05) is 65.2 Å². The monoisotopic (exact) mass is 670 g/mol. The lowest BCUT2D eigenvalue weighted by Crippen LogP contribution is -2.20. The van der Waals surface area contributed by atoms with Crippen LogP contribution in [0.2, 0.25) is 5.02 Å². The number of carbonyl (C=O) groups excluding carboxylic acids is 1. The molecule has 1 atom stereocenters. The molecule has 4 aromatic carbocycles. The molecule has 1 heterocycles. The number of hydrogen-bond donors (Lipinski definition) is 1. The van der Waals surface area contributed by atoms with Crippen molar-refractivity contribution in [3.05, 3.63) is 129 Å². The van der Waals surface area contributed by atoms with Gasteiger partial charge in [0.15, 0.2) is 11.0 Å². The topological polar surface area (TPSA) is 59.8 Å². The van der Waals surface area contributed by atoms with Crippen molar-refractivity contribution in [1.82, 2.24) is 14.8 Å². The fourth-order valence-electron chi connectivity index (χ4n) is 4.28. The van der Waals surface area contributed by atoms with Crippen LogP contribution in [0.5, 0.6) is 0 Å². The highest BCUT2D eigenvalue weighted by atomic mass is 79.9. The summed E-state index contributed by atoms with van der Waals surface area (Å²) < 4.78 is 43.0. The number of aryl methyl sites for hydroxylation is 1. The fraction of sp³-hybridized carbons (Fsp3) is 0.129. The van der Waals surface area contributed by atoms with E-state index in [4.69, 9.17) is 11.6 Å². The number of halogens is 5. The molecule has 0 unspecified atom stereocenters. The number of rotatable bonds is 9. The number of hydrogen-bond acceptors (Lipinski definition) is 4.